The molecule has 0 N–H and O–H groups in total. The average Bonchev–Trinajstić information content (AvgIpc) is 3.92. The second kappa shape index (κ2) is 10.5. The minimum atomic E-state index is 0.865. The van der Waals surface area contributed by atoms with Gasteiger partial charge in [0, 0.05) is 79.8 Å². The first-order valence-corrected chi connectivity index (χ1v) is 18.6. The number of hydrogen-bond donors (Lipinski definition) is 0. The van der Waals surface area contributed by atoms with Gasteiger partial charge in [0.2, 0.25) is 0 Å². The van der Waals surface area contributed by atoms with Crippen molar-refractivity contribution < 1.29 is 4.42 Å². The first-order valence-electron chi connectivity index (χ1n) is 16.2. The third-order valence-electron chi connectivity index (χ3n) is 9.49. The predicted molar refractivity (Wildman–Crippen MR) is 213 cm³/mol. The van der Waals surface area contributed by atoms with Crippen LogP contribution in [0.15, 0.2) is 150 Å². The van der Waals surface area contributed by atoms with Crippen LogP contribution in [0.1, 0.15) is 0 Å². The van der Waals surface area contributed by atoms with Gasteiger partial charge >= 0.3 is 0 Å². The highest BCUT2D eigenvalue weighted by Crippen LogP contribution is 2.45. The van der Waals surface area contributed by atoms with Gasteiger partial charge in [-0.2, -0.15) is 0 Å². The fraction of sp³-hybridized carbons (Fsp3) is 0. The summed E-state index contributed by atoms with van der Waals surface area (Å²) in [5, 5.41) is 8.38. The second-order valence-electron chi connectivity index (χ2n) is 12.3. The Morgan fingerprint density at radius 3 is 1.73 bits per heavy atom. The van der Waals surface area contributed by atoms with Gasteiger partial charge in [-0.3, -0.25) is 0 Å². The smallest absolute Gasteiger partial charge is 0.137 e. The maximum absolute atomic E-state index is 6.62. The highest BCUT2D eigenvalue weighted by atomic mass is 32.1. The molecule has 11 aromatic rings. The Morgan fingerprint density at radius 2 is 1.04 bits per heavy atom. The Kier molecular flexibility index (Phi) is 5.87. The van der Waals surface area contributed by atoms with E-state index < -0.39 is 0 Å². The van der Waals surface area contributed by atoms with Crippen molar-refractivity contribution in [1.29, 1.82) is 0 Å². The van der Waals surface area contributed by atoms with E-state index in [1.807, 2.05) is 28.7 Å². The van der Waals surface area contributed by atoms with E-state index in [-0.39, 0.29) is 0 Å². The van der Waals surface area contributed by atoms with Crippen LogP contribution in [0.4, 0.5) is 17.1 Å². The molecule has 0 spiro atoms. The van der Waals surface area contributed by atoms with Gasteiger partial charge < -0.3 is 9.32 Å². The second-order valence-corrected chi connectivity index (χ2v) is 15.5. The quantitative estimate of drug-likeness (QED) is 0.185. The number of thiazole rings is 1. The van der Waals surface area contributed by atoms with E-state index in [0.717, 1.165) is 59.8 Å². The molecule has 49 heavy (non-hydrogen) atoms. The first kappa shape index (κ1) is 27.4. The topological polar surface area (TPSA) is 29.3 Å². The van der Waals surface area contributed by atoms with E-state index in [9.17, 15) is 0 Å². The Morgan fingerprint density at radius 1 is 0.449 bits per heavy atom. The SMILES string of the molecule is c1ccc(-c2nc3ccc4oc5cc(N(c6ccc7sc8ccccc8c7c6)c6ccc7sc8ccccc8c7c6)ccc5c4c3s2)cc1. The monoisotopic (exact) mass is 680 g/mol. The highest BCUT2D eigenvalue weighted by Gasteiger charge is 2.20. The van der Waals surface area contributed by atoms with Crippen molar-refractivity contribution in [2.24, 2.45) is 0 Å². The number of anilines is 3. The zero-order valence-electron chi connectivity index (χ0n) is 25.9. The van der Waals surface area contributed by atoms with Gasteiger partial charge in [-0.1, -0.05) is 66.7 Å². The van der Waals surface area contributed by atoms with Gasteiger partial charge in [0.1, 0.15) is 16.2 Å². The molecule has 6 heteroatoms. The molecule has 7 aromatic carbocycles. The summed E-state index contributed by atoms with van der Waals surface area (Å²) < 4.78 is 13.0. The normalized spacial score (nSPS) is 12.1. The van der Waals surface area contributed by atoms with Crippen molar-refractivity contribution >= 4 is 124 Å². The van der Waals surface area contributed by atoms with Crippen LogP contribution in [0, 0.1) is 0 Å². The fourth-order valence-electron chi connectivity index (χ4n) is 7.23. The summed E-state index contributed by atoms with van der Waals surface area (Å²) in [6, 6.07) is 52.4. The molecule has 0 aliphatic carbocycles. The van der Waals surface area contributed by atoms with Crippen LogP contribution < -0.4 is 4.90 Å². The van der Waals surface area contributed by atoms with Crippen LogP contribution in [0.3, 0.4) is 0 Å². The lowest BCUT2D eigenvalue weighted by Gasteiger charge is -2.26. The highest BCUT2D eigenvalue weighted by molar-refractivity contribution is 7.26. The molecule has 0 atom stereocenters. The van der Waals surface area contributed by atoms with Crippen LogP contribution in [-0.4, -0.2) is 4.98 Å². The first-order chi connectivity index (χ1) is 24.2. The lowest BCUT2D eigenvalue weighted by Crippen LogP contribution is -2.09. The number of nitrogens with zero attached hydrogens (tertiary/aromatic N) is 2. The molecule has 230 valence electrons. The van der Waals surface area contributed by atoms with E-state index in [1.54, 1.807) is 11.3 Å². The molecule has 0 saturated carbocycles. The minimum absolute atomic E-state index is 0.865. The number of benzene rings is 7. The zero-order valence-corrected chi connectivity index (χ0v) is 28.3. The van der Waals surface area contributed by atoms with Crippen molar-refractivity contribution in [2.45, 2.75) is 0 Å². The van der Waals surface area contributed by atoms with Crippen molar-refractivity contribution in [3.8, 4) is 10.6 Å². The van der Waals surface area contributed by atoms with E-state index in [1.165, 1.54) is 40.3 Å². The van der Waals surface area contributed by atoms with Gasteiger partial charge in [0.05, 0.1) is 10.2 Å². The van der Waals surface area contributed by atoms with Crippen LogP contribution >= 0.6 is 34.0 Å². The van der Waals surface area contributed by atoms with E-state index in [2.05, 4.69) is 144 Å². The summed E-state index contributed by atoms with van der Waals surface area (Å²) in [6.45, 7) is 0. The Balaban J connectivity index is 1.13. The number of thiophene rings is 2. The summed E-state index contributed by atoms with van der Waals surface area (Å²) in [5.41, 5.74) is 7.15. The molecule has 4 aromatic heterocycles. The molecule has 0 aliphatic heterocycles. The largest absolute Gasteiger partial charge is 0.456 e. The molecule has 0 bridgehead atoms. The van der Waals surface area contributed by atoms with Crippen LogP contribution in [0.5, 0.6) is 0 Å². The molecular weight excluding hydrogens is 657 g/mol. The van der Waals surface area contributed by atoms with E-state index in [0.29, 0.717) is 0 Å². The number of hydrogen-bond acceptors (Lipinski definition) is 6. The Labute approximate surface area is 292 Å². The van der Waals surface area contributed by atoms with Crippen LogP contribution in [-0.2, 0) is 0 Å². The summed E-state index contributed by atoms with van der Waals surface area (Å²) in [5.74, 6) is 0. The van der Waals surface area contributed by atoms with Gasteiger partial charge in [0.25, 0.3) is 0 Å². The molecule has 0 unspecified atom stereocenters. The predicted octanol–water partition coefficient (Wildman–Crippen LogP) is 14.1. The van der Waals surface area contributed by atoms with Gasteiger partial charge in [0.15, 0.2) is 0 Å². The minimum Gasteiger partial charge on any atom is -0.456 e. The Bertz CT molecular complexity index is 2960. The van der Waals surface area contributed by atoms with Gasteiger partial charge in [-0.05, 0) is 72.8 Å². The zero-order chi connectivity index (χ0) is 32.1. The molecule has 0 amide bonds. The summed E-state index contributed by atoms with van der Waals surface area (Å²) in [7, 11) is 0. The molecule has 11 rings (SSSR count). The van der Waals surface area contributed by atoms with Crippen molar-refractivity contribution in [1.82, 2.24) is 4.98 Å². The number of furan rings is 1. The third kappa shape index (κ3) is 4.21. The van der Waals surface area contributed by atoms with Crippen molar-refractivity contribution in [2.75, 3.05) is 4.90 Å². The van der Waals surface area contributed by atoms with Crippen LogP contribution in [0.25, 0.3) is 83.1 Å². The standard InChI is InChI=1S/C43H24N2OS3/c1-2-8-25(9-3-1)43-44-34-18-19-35-41(42(34)49-43)31-17-14-28(24-36(31)46-35)45(26-15-20-39-32(22-26)29-10-4-6-12-37(29)47-39)27-16-21-40-33(23-27)30-11-5-7-13-38(30)48-40/h1-24H. The average molecular weight is 681 g/mol. The molecule has 0 saturated heterocycles. The maximum atomic E-state index is 6.62. The number of fused-ring (bicyclic) bond motifs is 11. The lowest BCUT2D eigenvalue weighted by atomic mass is 10.1. The molecule has 4 heterocycles. The summed E-state index contributed by atoms with van der Waals surface area (Å²) >= 11 is 5.42. The molecule has 0 radical (unpaired) electrons. The maximum Gasteiger partial charge on any atom is 0.137 e. The summed E-state index contributed by atoms with van der Waals surface area (Å²) in [6.07, 6.45) is 0. The molecular formula is C43H24N2OS3. The number of rotatable bonds is 4. The van der Waals surface area contributed by atoms with Gasteiger partial charge in [-0.15, -0.1) is 34.0 Å². The molecule has 3 nitrogen and oxygen atoms in total. The third-order valence-corrected chi connectivity index (χ3v) is 12.9. The van der Waals surface area contributed by atoms with E-state index >= 15 is 0 Å². The molecule has 0 fully saturated rings. The summed E-state index contributed by atoms with van der Waals surface area (Å²) in [4.78, 5) is 7.37. The van der Waals surface area contributed by atoms with Crippen molar-refractivity contribution in [3.63, 3.8) is 0 Å². The fourth-order valence-corrected chi connectivity index (χ4v) is 10.5. The Hall–Kier alpha value is -5.53. The lowest BCUT2D eigenvalue weighted by molar-refractivity contribution is 0.669. The van der Waals surface area contributed by atoms with E-state index in [4.69, 9.17) is 9.40 Å². The number of aromatic nitrogens is 1. The molecule has 0 aliphatic rings. The van der Waals surface area contributed by atoms with Crippen LogP contribution in [0.2, 0.25) is 0 Å². The van der Waals surface area contributed by atoms with Crippen molar-refractivity contribution in [3.05, 3.63) is 146 Å². The van der Waals surface area contributed by atoms with Gasteiger partial charge in [-0.25, -0.2) is 4.98 Å².